The number of piperidine rings is 1. The van der Waals surface area contributed by atoms with Crippen LogP contribution in [-0.2, 0) is 4.79 Å². The van der Waals surface area contributed by atoms with Crippen LogP contribution in [0.5, 0.6) is 0 Å². The van der Waals surface area contributed by atoms with E-state index in [4.69, 9.17) is 0 Å². The van der Waals surface area contributed by atoms with Crippen molar-refractivity contribution in [2.24, 2.45) is 11.8 Å². The Morgan fingerprint density at radius 2 is 2.12 bits per heavy atom. The molecule has 0 radical (unpaired) electrons. The van der Waals surface area contributed by atoms with E-state index in [0.717, 1.165) is 32.6 Å². The van der Waals surface area contributed by atoms with E-state index in [0.29, 0.717) is 17.9 Å². The van der Waals surface area contributed by atoms with E-state index < -0.39 is 0 Å². The number of likely N-dealkylation sites (tertiary alicyclic amines) is 1. The Hall–Kier alpha value is -0.610. The highest BCUT2D eigenvalue weighted by molar-refractivity contribution is 5.79. The molecule has 2 unspecified atom stereocenters. The summed E-state index contributed by atoms with van der Waals surface area (Å²) in [5.74, 6) is 1.11. The van der Waals surface area contributed by atoms with Crippen molar-refractivity contribution < 1.29 is 4.79 Å². The van der Waals surface area contributed by atoms with Crippen LogP contribution in [0.4, 0.5) is 0 Å². The van der Waals surface area contributed by atoms with Crippen LogP contribution in [0, 0.1) is 11.8 Å². The summed E-state index contributed by atoms with van der Waals surface area (Å²) in [4.78, 5) is 16.7. The van der Waals surface area contributed by atoms with Crippen molar-refractivity contribution >= 4 is 5.91 Å². The first-order valence-electron chi connectivity index (χ1n) is 6.75. The summed E-state index contributed by atoms with van der Waals surface area (Å²) < 4.78 is 0. The van der Waals surface area contributed by atoms with Crippen molar-refractivity contribution in [1.29, 1.82) is 0 Å². The molecular weight excluding hydrogens is 214 g/mol. The fourth-order valence-corrected chi connectivity index (χ4v) is 2.73. The molecule has 0 saturated carbocycles. The third kappa shape index (κ3) is 2.80. The molecule has 0 aliphatic carbocycles. The van der Waals surface area contributed by atoms with E-state index in [1.54, 1.807) is 0 Å². The van der Waals surface area contributed by atoms with Crippen LogP contribution >= 0.6 is 0 Å². The number of hydrogen-bond acceptors (Lipinski definition) is 3. The highest BCUT2D eigenvalue weighted by Crippen LogP contribution is 2.21. The fraction of sp³-hybridized carbons (Fsp3) is 0.923. The summed E-state index contributed by atoms with van der Waals surface area (Å²) >= 11 is 0. The van der Waals surface area contributed by atoms with Gasteiger partial charge in [0, 0.05) is 25.0 Å². The van der Waals surface area contributed by atoms with Gasteiger partial charge in [0.05, 0.1) is 0 Å². The molecule has 0 aromatic rings. The van der Waals surface area contributed by atoms with Gasteiger partial charge in [0.25, 0.3) is 0 Å². The molecule has 2 atom stereocenters. The number of carbonyl (C=O) groups is 1. The van der Waals surface area contributed by atoms with Gasteiger partial charge in [-0.2, -0.15) is 0 Å². The number of carbonyl (C=O) groups excluding carboxylic acids is 1. The maximum Gasteiger partial charge on any atom is 0.225 e. The summed E-state index contributed by atoms with van der Waals surface area (Å²) in [5.41, 5.74) is 0. The highest BCUT2D eigenvalue weighted by atomic mass is 16.2. The Balaban J connectivity index is 1.89. The van der Waals surface area contributed by atoms with Crippen LogP contribution in [0.3, 0.4) is 0 Å². The predicted octanol–water partition coefficient (Wildman–Crippen LogP) is 0.395. The van der Waals surface area contributed by atoms with E-state index in [1.165, 1.54) is 6.42 Å². The van der Waals surface area contributed by atoms with E-state index in [-0.39, 0.29) is 5.92 Å². The van der Waals surface area contributed by atoms with Crippen molar-refractivity contribution in [3.05, 3.63) is 0 Å². The first-order valence-corrected chi connectivity index (χ1v) is 6.75. The average molecular weight is 239 g/mol. The number of nitrogens with one attached hydrogen (secondary N) is 1. The predicted molar refractivity (Wildman–Crippen MR) is 68.8 cm³/mol. The van der Waals surface area contributed by atoms with E-state index >= 15 is 0 Å². The van der Waals surface area contributed by atoms with Crippen molar-refractivity contribution in [2.75, 3.05) is 40.3 Å². The first kappa shape index (κ1) is 12.8. The highest BCUT2D eigenvalue weighted by Gasteiger charge is 2.33. The zero-order valence-corrected chi connectivity index (χ0v) is 11.3. The quantitative estimate of drug-likeness (QED) is 0.774. The second-order valence-corrected chi connectivity index (χ2v) is 5.75. The SMILES string of the molecule is CC(C(=O)N1CCCC(N(C)C)C1)C1CNC1. The Morgan fingerprint density at radius 1 is 1.41 bits per heavy atom. The third-order valence-corrected chi connectivity index (χ3v) is 4.35. The summed E-state index contributed by atoms with van der Waals surface area (Å²) in [6.45, 7) is 5.98. The molecule has 0 spiro atoms. The molecule has 1 N–H and O–H groups in total. The Bertz CT molecular complexity index is 276. The average Bonchev–Trinajstić information content (AvgIpc) is 2.25. The van der Waals surface area contributed by atoms with Gasteiger partial charge < -0.3 is 15.1 Å². The van der Waals surface area contributed by atoms with E-state index in [2.05, 4.69) is 36.1 Å². The molecule has 98 valence electrons. The van der Waals surface area contributed by atoms with Gasteiger partial charge in [-0.05, 0) is 45.9 Å². The molecule has 4 heteroatoms. The van der Waals surface area contributed by atoms with Crippen LogP contribution < -0.4 is 5.32 Å². The molecule has 0 aromatic heterocycles. The van der Waals surface area contributed by atoms with Crippen molar-refractivity contribution in [3.8, 4) is 0 Å². The minimum Gasteiger partial charge on any atom is -0.341 e. The van der Waals surface area contributed by atoms with Crippen LogP contribution in [0.15, 0.2) is 0 Å². The van der Waals surface area contributed by atoms with Crippen molar-refractivity contribution in [1.82, 2.24) is 15.1 Å². The number of likely N-dealkylation sites (N-methyl/N-ethyl adjacent to an activating group) is 1. The molecule has 2 aliphatic heterocycles. The van der Waals surface area contributed by atoms with Gasteiger partial charge in [0.1, 0.15) is 0 Å². The van der Waals surface area contributed by atoms with Gasteiger partial charge in [0.2, 0.25) is 5.91 Å². The minimum atomic E-state index is 0.192. The smallest absolute Gasteiger partial charge is 0.225 e. The second-order valence-electron chi connectivity index (χ2n) is 5.75. The van der Waals surface area contributed by atoms with Crippen LogP contribution in [0.25, 0.3) is 0 Å². The molecule has 1 amide bonds. The lowest BCUT2D eigenvalue weighted by atomic mass is 9.87. The second kappa shape index (κ2) is 5.36. The van der Waals surface area contributed by atoms with Crippen LogP contribution in [0.2, 0.25) is 0 Å². The zero-order valence-electron chi connectivity index (χ0n) is 11.3. The molecule has 17 heavy (non-hydrogen) atoms. The third-order valence-electron chi connectivity index (χ3n) is 4.35. The molecular formula is C13H25N3O. The molecule has 4 nitrogen and oxygen atoms in total. The van der Waals surface area contributed by atoms with E-state index in [1.807, 2.05) is 0 Å². The minimum absolute atomic E-state index is 0.192. The standard InChI is InChI=1S/C13H25N3O/c1-10(11-7-14-8-11)13(17)16-6-4-5-12(9-16)15(2)3/h10-12,14H,4-9H2,1-3H3. The molecule has 2 saturated heterocycles. The zero-order chi connectivity index (χ0) is 12.4. The number of rotatable bonds is 3. The van der Waals surface area contributed by atoms with Crippen molar-refractivity contribution in [3.63, 3.8) is 0 Å². The summed E-state index contributed by atoms with van der Waals surface area (Å²) in [6, 6.07) is 0.541. The van der Waals surface area contributed by atoms with Gasteiger partial charge in [-0.1, -0.05) is 6.92 Å². The Labute approximate surface area is 104 Å². The summed E-state index contributed by atoms with van der Waals surface area (Å²) in [5, 5.41) is 3.25. The van der Waals surface area contributed by atoms with Crippen molar-refractivity contribution in [2.45, 2.75) is 25.8 Å². The molecule has 2 aliphatic rings. The number of nitrogens with zero attached hydrogens (tertiary/aromatic N) is 2. The Morgan fingerprint density at radius 3 is 2.65 bits per heavy atom. The van der Waals surface area contributed by atoms with Gasteiger partial charge >= 0.3 is 0 Å². The van der Waals surface area contributed by atoms with Crippen LogP contribution in [-0.4, -0.2) is 62.0 Å². The molecule has 0 aromatic carbocycles. The topological polar surface area (TPSA) is 35.6 Å². The Kier molecular flexibility index (Phi) is 4.05. The molecule has 2 heterocycles. The summed E-state index contributed by atoms with van der Waals surface area (Å²) in [6.07, 6.45) is 2.36. The maximum atomic E-state index is 12.4. The summed E-state index contributed by atoms with van der Waals surface area (Å²) in [7, 11) is 4.22. The van der Waals surface area contributed by atoms with Crippen LogP contribution in [0.1, 0.15) is 19.8 Å². The van der Waals surface area contributed by atoms with Gasteiger partial charge in [0.15, 0.2) is 0 Å². The van der Waals surface area contributed by atoms with E-state index in [9.17, 15) is 4.79 Å². The molecule has 2 rings (SSSR count). The monoisotopic (exact) mass is 239 g/mol. The van der Waals surface area contributed by atoms with Gasteiger partial charge in [-0.3, -0.25) is 4.79 Å². The van der Waals surface area contributed by atoms with Gasteiger partial charge in [-0.25, -0.2) is 0 Å². The lowest BCUT2D eigenvalue weighted by Gasteiger charge is -2.40. The van der Waals surface area contributed by atoms with Gasteiger partial charge in [-0.15, -0.1) is 0 Å². The normalized spacial score (nSPS) is 28.0. The lowest BCUT2D eigenvalue weighted by Crippen LogP contribution is -2.53. The largest absolute Gasteiger partial charge is 0.341 e. The lowest BCUT2D eigenvalue weighted by molar-refractivity contribution is -0.139. The fourth-order valence-electron chi connectivity index (χ4n) is 2.73. The first-order chi connectivity index (χ1) is 8.09. The molecule has 2 fully saturated rings. The maximum absolute atomic E-state index is 12.4. The number of hydrogen-bond donors (Lipinski definition) is 1. The number of amides is 1. The molecule has 0 bridgehead atoms.